The van der Waals surface area contributed by atoms with Crippen molar-refractivity contribution < 1.29 is 9.53 Å². The predicted octanol–water partition coefficient (Wildman–Crippen LogP) is 0.908. The monoisotopic (exact) mass is 250 g/mol. The number of hydrogen-bond donors (Lipinski definition) is 1. The molecule has 1 aliphatic heterocycles. The first-order valence-electron chi connectivity index (χ1n) is 6.14. The van der Waals surface area contributed by atoms with Gasteiger partial charge in [-0.2, -0.15) is 0 Å². The molecule has 1 aromatic rings. The van der Waals surface area contributed by atoms with Crippen molar-refractivity contribution in [3.8, 4) is 0 Å². The van der Waals surface area contributed by atoms with Crippen LogP contribution in [0.3, 0.4) is 0 Å². The van der Waals surface area contributed by atoms with Crippen molar-refractivity contribution >= 4 is 17.5 Å². The first-order valence-corrected chi connectivity index (χ1v) is 6.14. The molecule has 0 aliphatic carbocycles. The lowest BCUT2D eigenvalue weighted by Gasteiger charge is -2.27. The Bertz CT molecular complexity index is 399. The average molecular weight is 250 g/mol. The molecule has 1 aromatic heterocycles. The van der Waals surface area contributed by atoms with Gasteiger partial charge in [0.05, 0.1) is 13.2 Å². The molecule has 0 bridgehead atoms. The van der Waals surface area contributed by atoms with E-state index in [1.54, 1.807) is 6.07 Å². The molecule has 0 saturated carbocycles. The SMILES string of the molecule is CC(C)C(=O)Nc1ccc(N2CCOCC2)nn1. The van der Waals surface area contributed by atoms with Crippen LogP contribution in [0.5, 0.6) is 0 Å². The number of carbonyl (C=O) groups is 1. The van der Waals surface area contributed by atoms with Crippen LogP contribution in [0.15, 0.2) is 12.1 Å². The van der Waals surface area contributed by atoms with Gasteiger partial charge < -0.3 is 15.0 Å². The summed E-state index contributed by atoms with van der Waals surface area (Å²) in [7, 11) is 0. The van der Waals surface area contributed by atoms with E-state index in [-0.39, 0.29) is 11.8 Å². The van der Waals surface area contributed by atoms with Crippen LogP contribution in [-0.4, -0.2) is 42.4 Å². The van der Waals surface area contributed by atoms with Crippen molar-refractivity contribution in [3.63, 3.8) is 0 Å². The van der Waals surface area contributed by atoms with Gasteiger partial charge in [-0.3, -0.25) is 4.79 Å². The third-order valence-corrected chi connectivity index (χ3v) is 2.76. The van der Waals surface area contributed by atoms with E-state index in [0.29, 0.717) is 19.0 Å². The lowest BCUT2D eigenvalue weighted by molar-refractivity contribution is -0.118. The number of nitrogens with zero attached hydrogens (tertiary/aromatic N) is 3. The molecule has 1 saturated heterocycles. The van der Waals surface area contributed by atoms with Gasteiger partial charge in [0.2, 0.25) is 5.91 Å². The maximum Gasteiger partial charge on any atom is 0.228 e. The largest absolute Gasteiger partial charge is 0.378 e. The second-order valence-electron chi connectivity index (χ2n) is 4.52. The molecular weight excluding hydrogens is 232 g/mol. The second-order valence-corrected chi connectivity index (χ2v) is 4.52. The fraction of sp³-hybridized carbons (Fsp3) is 0.583. The fourth-order valence-corrected chi connectivity index (χ4v) is 1.62. The van der Waals surface area contributed by atoms with E-state index in [1.807, 2.05) is 19.9 Å². The molecule has 2 heterocycles. The van der Waals surface area contributed by atoms with Crippen LogP contribution in [0.25, 0.3) is 0 Å². The highest BCUT2D eigenvalue weighted by Gasteiger charge is 2.13. The molecule has 0 atom stereocenters. The summed E-state index contributed by atoms with van der Waals surface area (Å²) >= 11 is 0. The van der Waals surface area contributed by atoms with Crippen molar-refractivity contribution in [1.82, 2.24) is 10.2 Å². The Morgan fingerprint density at radius 2 is 2.06 bits per heavy atom. The molecule has 0 spiro atoms. The highest BCUT2D eigenvalue weighted by atomic mass is 16.5. The summed E-state index contributed by atoms with van der Waals surface area (Å²) in [5.41, 5.74) is 0. The second kappa shape index (κ2) is 5.77. The number of morpholine rings is 1. The number of aromatic nitrogens is 2. The van der Waals surface area contributed by atoms with Crippen molar-refractivity contribution in [2.75, 3.05) is 36.5 Å². The minimum absolute atomic E-state index is 0.0524. The Kier molecular flexibility index (Phi) is 4.09. The van der Waals surface area contributed by atoms with Crippen LogP contribution < -0.4 is 10.2 Å². The number of ether oxygens (including phenoxy) is 1. The maximum atomic E-state index is 11.5. The third-order valence-electron chi connectivity index (χ3n) is 2.76. The van der Waals surface area contributed by atoms with E-state index >= 15 is 0 Å². The topological polar surface area (TPSA) is 67.4 Å². The predicted molar refractivity (Wildman–Crippen MR) is 68.5 cm³/mol. The highest BCUT2D eigenvalue weighted by Crippen LogP contribution is 2.13. The molecule has 1 aliphatic rings. The first-order chi connectivity index (χ1) is 8.66. The molecule has 0 unspecified atom stereocenters. The molecule has 1 N–H and O–H groups in total. The minimum atomic E-state index is -0.0641. The molecule has 18 heavy (non-hydrogen) atoms. The zero-order valence-corrected chi connectivity index (χ0v) is 10.7. The standard InChI is InChI=1S/C12H18N4O2/c1-9(2)12(17)13-10-3-4-11(15-14-10)16-5-7-18-8-6-16/h3-4,9H,5-8H2,1-2H3,(H,13,14,17). The molecule has 1 amide bonds. The van der Waals surface area contributed by atoms with E-state index in [2.05, 4.69) is 20.4 Å². The molecule has 0 radical (unpaired) electrons. The van der Waals surface area contributed by atoms with E-state index in [9.17, 15) is 4.79 Å². The van der Waals surface area contributed by atoms with Gasteiger partial charge in [-0.15, -0.1) is 10.2 Å². The molecule has 1 fully saturated rings. The van der Waals surface area contributed by atoms with E-state index < -0.39 is 0 Å². The Morgan fingerprint density at radius 3 is 2.61 bits per heavy atom. The summed E-state index contributed by atoms with van der Waals surface area (Å²) in [5, 5.41) is 10.8. The van der Waals surface area contributed by atoms with Gasteiger partial charge in [0.15, 0.2) is 11.6 Å². The Labute approximate surface area is 106 Å². The maximum absolute atomic E-state index is 11.5. The van der Waals surface area contributed by atoms with Crippen molar-refractivity contribution in [3.05, 3.63) is 12.1 Å². The number of amides is 1. The Morgan fingerprint density at radius 1 is 1.33 bits per heavy atom. The number of anilines is 2. The number of carbonyl (C=O) groups excluding carboxylic acids is 1. The zero-order chi connectivity index (χ0) is 13.0. The Hall–Kier alpha value is -1.69. The summed E-state index contributed by atoms with van der Waals surface area (Å²) < 4.78 is 5.28. The van der Waals surface area contributed by atoms with Crippen molar-refractivity contribution in [1.29, 1.82) is 0 Å². The van der Waals surface area contributed by atoms with Crippen LogP contribution >= 0.6 is 0 Å². The van der Waals surface area contributed by atoms with Gasteiger partial charge in [0.1, 0.15) is 0 Å². The number of nitrogens with one attached hydrogen (secondary N) is 1. The normalized spacial score (nSPS) is 15.8. The van der Waals surface area contributed by atoms with Crippen molar-refractivity contribution in [2.45, 2.75) is 13.8 Å². The van der Waals surface area contributed by atoms with Gasteiger partial charge in [-0.05, 0) is 12.1 Å². The lowest BCUT2D eigenvalue weighted by Crippen LogP contribution is -2.36. The van der Waals surface area contributed by atoms with Gasteiger partial charge in [0, 0.05) is 19.0 Å². The third kappa shape index (κ3) is 3.16. The first kappa shape index (κ1) is 12.8. The quantitative estimate of drug-likeness (QED) is 0.863. The molecular formula is C12H18N4O2. The summed E-state index contributed by atoms with van der Waals surface area (Å²) in [5.74, 6) is 1.20. The van der Waals surface area contributed by atoms with Gasteiger partial charge in [-0.25, -0.2) is 0 Å². The Balaban J connectivity index is 1.98. The average Bonchev–Trinajstić information content (AvgIpc) is 2.40. The van der Waals surface area contributed by atoms with Crippen LogP contribution in [0.1, 0.15) is 13.8 Å². The lowest BCUT2D eigenvalue weighted by atomic mass is 10.2. The smallest absolute Gasteiger partial charge is 0.228 e. The van der Waals surface area contributed by atoms with E-state index in [1.165, 1.54) is 0 Å². The zero-order valence-electron chi connectivity index (χ0n) is 10.7. The summed E-state index contributed by atoms with van der Waals surface area (Å²) in [6, 6.07) is 3.65. The van der Waals surface area contributed by atoms with Gasteiger partial charge in [-0.1, -0.05) is 13.8 Å². The molecule has 6 nitrogen and oxygen atoms in total. The molecule has 98 valence electrons. The fourth-order valence-electron chi connectivity index (χ4n) is 1.62. The van der Waals surface area contributed by atoms with Crippen molar-refractivity contribution in [2.24, 2.45) is 5.92 Å². The van der Waals surface area contributed by atoms with Crippen LogP contribution in [0.4, 0.5) is 11.6 Å². The van der Waals surface area contributed by atoms with Gasteiger partial charge >= 0.3 is 0 Å². The minimum Gasteiger partial charge on any atom is -0.378 e. The van der Waals surface area contributed by atoms with Gasteiger partial charge in [0.25, 0.3) is 0 Å². The number of hydrogen-bond acceptors (Lipinski definition) is 5. The summed E-state index contributed by atoms with van der Waals surface area (Å²) in [6.07, 6.45) is 0. The van der Waals surface area contributed by atoms with Crippen LogP contribution in [0.2, 0.25) is 0 Å². The number of rotatable bonds is 3. The van der Waals surface area contributed by atoms with E-state index in [0.717, 1.165) is 18.9 Å². The molecule has 6 heteroatoms. The molecule has 0 aromatic carbocycles. The highest BCUT2D eigenvalue weighted by molar-refractivity contribution is 5.91. The summed E-state index contributed by atoms with van der Waals surface area (Å²) in [6.45, 7) is 6.76. The van der Waals surface area contributed by atoms with E-state index in [4.69, 9.17) is 4.74 Å². The summed E-state index contributed by atoms with van der Waals surface area (Å²) in [4.78, 5) is 13.6. The van der Waals surface area contributed by atoms with Crippen LogP contribution in [0, 0.1) is 5.92 Å². The van der Waals surface area contributed by atoms with Crippen LogP contribution in [-0.2, 0) is 9.53 Å². The molecule has 2 rings (SSSR count).